The molecular weight excluding hydrogens is 228 g/mol. The predicted octanol–water partition coefficient (Wildman–Crippen LogP) is 1.62. The van der Waals surface area contributed by atoms with Crippen LogP contribution >= 0.6 is 0 Å². The van der Waals surface area contributed by atoms with Gasteiger partial charge < -0.3 is 15.8 Å². The fraction of sp³-hybridized carbons (Fsp3) is 0.500. The standard InChI is InChI=1S/C14H22N2O2/c1-4-13(14(17)16-11(3)9-15)18-12-7-5-6-10(2)8-12/h5-8,11,13H,4,9,15H2,1-3H3,(H,16,17)/t11-,13?/m0/s1. The summed E-state index contributed by atoms with van der Waals surface area (Å²) in [6, 6.07) is 7.65. The number of nitrogens with one attached hydrogen (secondary N) is 1. The summed E-state index contributed by atoms with van der Waals surface area (Å²) in [4.78, 5) is 11.9. The Labute approximate surface area is 109 Å². The van der Waals surface area contributed by atoms with Crippen LogP contribution in [-0.2, 0) is 4.79 Å². The average Bonchev–Trinajstić information content (AvgIpc) is 2.35. The number of benzene rings is 1. The van der Waals surface area contributed by atoms with Crippen molar-refractivity contribution in [1.29, 1.82) is 0 Å². The molecule has 0 fully saturated rings. The number of rotatable bonds is 6. The maximum absolute atomic E-state index is 11.9. The third-order valence-corrected chi connectivity index (χ3v) is 2.67. The zero-order valence-corrected chi connectivity index (χ0v) is 11.3. The Morgan fingerprint density at radius 1 is 1.50 bits per heavy atom. The predicted molar refractivity (Wildman–Crippen MR) is 72.5 cm³/mol. The van der Waals surface area contributed by atoms with Crippen molar-refractivity contribution < 1.29 is 9.53 Å². The fourth-order valence-electron chi connectivity index (χ4n) is 1.57. The van der Waals surface area contributed by atoms with Gasteiger partial charge in [0.25, 0.3) is 5.91 Å². The first-order valence-electron chi connectivity index (χ1n) is 6.30. The second-order valence-corrected chi connectivity index (χ2v) is 4.48. The lowest BCUT2D eigenvalue weighted by molar-refractivity contribution is -0.128. The minimum absolute atomic E-state index is 0.0346. The van der Waals surface area contributed by atoms with Crippen molar-refractivity contribution in [3.05, 3.63) is 29.8 Å². The minimum atomic E-state index is -0.471. The summed E-state index contributed by atoms with van der Waals surface area (Å²) in [7, 11) is 0. The van der Waals surface area contributed by atoms with Gasteiger partial charge in [-0.05, 0) is 38.0 Å². The first-order valence-corrected chi connectivity index (χ1v) is 6.30. The van der Waals surface area contributed by atoms with E-state index >= 15 is 0 Å². The number of amides is 1. The van der Waals surface area contributed by atoms with Gasteiger partial charge in [0.05, 0.1) is 0 Å². The van der Waals surface area contributed by atoms with Gasteiger partial charge in [0.1, 0.15) is 5.75 Å². The van der Waals surface area contributed by atoms with E-state index in [9.17, 15) is 4.79 Å². The Morgan fingerprint density at radius 2 is 2.22 bits per heavy atom. The molecule has 1 rings (SSSR count). The highest BCUT2D eigenvalue weighted by molar-refractivity contribution is 5.81. The van der Waals surface area contributed by atoms with Crippen molar-refractivity contribution >= 4 is 5.91 Å². The summed E-state index contributed by atoms with van der Waals surface area (Å²) in [5, 5.41) is 2.83. The molecule has 0 aliphatic carbocycles. The normalized spacial score (nSPS) is 13.8. The van der Waals surface area contributed by atoms with E-state index in [1.807, 2.05) is 45.0 Å². The summed E-state index contributed by atoms with van der Waals surface area (Å²) in [6.45, 7) is 6.21. The van der Waals surface area contributed by atoms with Crippen LogP contribution in [0.5, 0.6) is 5.75 Å². The van der Waals surface area contributed by atoms with Gasteiger partial charge in [-0.25, -0.2) is 0 Å². The molecule has 4 heteroatoms. The van der Waals surface area contributed by atoms with E-state index in [1.54, 1.807) is 0 Å². The van der Waals surface area contributed by atoms with E-state index in [0.29, 0.717) is 13.0 Å². The Balaban J connectivity index is 2.64. The van der Waals surface area contributed by atoms with Crippen LogP contribution in [0.25, 0.3) is 0 Å². The molecule has 3 N–H and O–H groups in total. The Hall–Kier alpha value is -1.55. The minimum Gasteiger partial charge on any atom is -0.481 e. The van der Waals surface area contributed by atoms with Gasteiger partial charge in [0, 0.05) is 12.6 Å². The molecule has 18 heavy (non-hydrogen) atoms. The van der Waals surface area contributed by atoms with Crippen LogP contribution < -0.4 is 15.8 Å². The van der Waals surface area contributed by atoms with Gasteiger partial charge in [-0.3, -0.25) is 4.79 Å². The lowest BCUT2D eigenvalue weighted by Crippen LogP contribution is -2.45. The van der Waals surface area contributed by atoms with Gasteiger partial charge >= 0.3 is 0 Å². The molecule has 2 atom stereocenters. The van der Waals surface area contributed by atoms with Gasteiger partial charge in [-0.2, -0.15) is 0 Å². The Morgan fingerprint density at radius 3 is 2.78 bits per heavy atom. The molecule has 4 nitrogen and oxygen atoms in total. The highest BCUT2D eigenvalue weighted by Gasteiger charge is 2.19. The maximum atomic E-state index is 11.9. The molecular formula is C14H22N2O2. The van der Waals surface area contributed by atoms with E-state index in [1.165, 1.54) is 0 Å². The van der Waals surface area contributed by atoms with Crippen LogP contribution in [0, 0.1) is 6.92 Å². The molecule has 0 spiro atoms. The van der Waals surface area contributed by atoms with Crippen molar-refractivity contribution in [2.45, 2.75) is 39.3 Å². The van der Waals surface area contributed by atoms with Crippen LogP contribution in [0.2, 0.25) is 0 Å². The molecule has 1 aromatic rings. The van der Waals surface area contributed by atoms with Gasteiger partial charge in [0.2, 0.25) is 0 Å². The number of nitrogens with two attached hydrogens (primary N) is 1. The van der Waals surface area contributed by atoms with Crippen molar-refractivity contribution in [2.24, 2.45) is 5.73 Å². The van der Waals surface area contributed by atoms with Crippen LogP contribution in [0.1, 0.15) is 25.8 Å². The van der Waals surface area contributed by atoms with Crippen molar-refractivity contribution in [1.82, 2.24) is 5.32 Å². The molecule has 0 saturated carbocycles. The van der Waals surface area contributed by atoms with Crippen LogP contribution in [0.15, 0.2) is 24.3 Å². The highest BCUT2D eigenvalue weighted by Crippen LogP contribution is 2.15. The highest BCUT2D eigenvalue weighted by atomic mass is 16.5. The van der Waals surface area contributed by atoms with Crippen molar-refractivity contribution in [3.63, 3.8) is 0 Å². The fourth-order valence-corrected chi connectivity index (χ4v) is 1.57. The number of aryl methyl sites for hydroxylation is 1. The number of carbonyl (C=O) groups is 1. The van der Waals surface area contributed by atoms with Crippen LogP contribution in [-0.4, -0.2) is 24.6 Å². The molecule has 0 radical (unpaired) electrons. The number of hydrogen-bond acceptors (Lipinski definition) is 3. The smallest absolute Gasteiger partial charge is 0.261 e. The van der Waals surface area contributed by atoms with Crippen molar-refractivity contribution in [2.75, 3.05) is 6.54 Å². The molecule has 0 aliphatic rings. The van der Waals surface area contributed by atoms with Gasteiger partial charge in [-0.1, -0.05) is 19.1 Å². The molecule has 0 bridgehead atoms. The van der Waals surface area contributed by atoms with Crippen molar-refractivity contribution in [3.8, 4) is 5.75 Å². The van der Waals surface area contributed by atoms with Gasteiger partial charge in [-0.15, -0.1) is 0 Å². The maximum Gasteiger partial charge on any atom is 0.261 e. The Kier molecular flexibility index (Phi) is 5.65. The Bertz CT molecular complexity index is 393. The summed E-state index contributed by atoms with van der Waals surface area (Å²) in [5.74, 6) is 0.606. The second kappa shape index (κ2) is 7.01. The topological polar surface area (TPSA) is 64.3 Å². The largest absolute Gasteiger partial charge is 0.481 e. The van der Waals surface area contributed by atoms with Gasteiger partial charge in [0.15, 0.2) is 6.10 Å². The summed E-state index contributed by atoms with van der Waals surface area (Å²) < 4.78 is 5.70. The van der Waals surface area contributed by atoms with E-state index < -0.39 is 6.10 Å². The molecule has 0 heterocycles. The molecule has 0 saturated heterocycles. The van der Waals surface area contributed by atoms with E-state index in [4.69, 9.17) is 10.5 Å². The third kappa shape index (κ3) is 4.37. The zero-order valence-electron chi connectivity index (χ0n) is 11.3. The van der Waals surface area contributed by atoms with Crippen LogP contribution in [0.3, 0.4) is 0 Å². The number of carbonyl (C=O) groups excluding carboxylic acids is 1. The summed E-state index contributed by atoms with van der Waals surface area (Å²) in [6.07, 6.45) is 0.151. The lowest BCUT2D eigenvalue weighted by Gasteiger charge is -2.19. The van der Waals surface area contributed by atoms with E-state index in [2.05, 4.69) is 5.32 Å². The summed E-state index contributed by atoms with van der Waals surface area (Å²) in [5.41, 5.74) is 6.59. The summed E-state index contributed by atoms with van der Waals surface area (Å²) >= 11 is 0. The monoisotopic (exact) mass is 250 g/mol. The first kappa shape index (κ1) is 14.5. The second-order valence-electron chi connectivity index (χ2n) is 4.48. The molecule has 1 unspecified atom stereocenters. The quantitative estimate of drug-likeness (QED) is 0.806. The molecule has 1 aromatic carbocycles. The van der Waals surface area contributed by atoms with E-state index in [-0.39, 0.29) is 11.9 Å². The average molecular weight is 250 g/mol. The SMILES string of the molecule is CCC(Oc1cccc(C)c1)C(=O)N[C@@H](C)CN. The zero-order chi connectivity index (χ0) is 13.5. The number of ether oxygens (including phenoxy) is 1. The van der Waals surface area contributed by atoms with Crippen LogP contribution in [0.4, 0.5) is 0 Å². The number of hydrogen-bond donors (Lipinski definition) is 2. The third-order valence-electron chi connectivity index (χ3n) is 2.67. The molecule has 0 aromatic heterocycles. The first-order chi connectivity index (χ1) is 8.56. The molecule has 0 aliphatic heterocycles. The van der Waals surface area contributed by atoms with E-state index in [0.717, 1.165) is 11.3 Å². The molecule has 1 amide bonds. The molecule has 100 valence electrons. The lowest BCUT2D eigenvalue weighted by atomic mass is 10.2.